The van der Waals surface area contributed by atoms with Gasteiger partial charge in [0.25, 0.3) is 5.91 Å². The molecule has 3 N–H and O–H groups in total. The van der Waals surface area contributed by atoms with Crippen LogP contribution in [0.15, 0.2) is 42.7 Å². The predicted molar refractivity (Wildman–Crippen MR) is 123 cm³/mol. The number of aromatic nitrogens is 2. The summed E-state index contributed by atoms with van der Waals surface area (Å²) < 4.78 is 0. The van der Waals surface area contributed by atoms with Crippen LogP contribution < -0.4 is 21.0 Å². The Hall–Kier alpha value is -3.20. The van der Waals surface area contributed by atoms with Gasteiger partial charge in [-0.05, 0) is 63.9 Å². The molecule has 1 saturated heterocycles. The molecule has 1 aromatic heterocycles. The van der Waals surface area contributed by atoms with Crippen molar-refractivity contribution in [2.45, 2.75) is 51.6 Å². The Labute approximate surface area is 188 Å². The van der Waals surface area contributed by atoms with E-state index in [1.54, 1.807) is 18.5 Å². The molecule has 1 fully saturated rings. The summed E-state index contributed by atoms with van der Waals surface area (Å²) in [4.78, 5) is 39.8. The number of piperidine rings is 1. The van der Waals surface area contributed by atoms with Crippen LogP contribution in [0, 0.1) is 0 Å². The lowest BCUT2D eigenvalue weighted by Crippen LogP contribution is -2.39. The second kappa shape index (κ2) is 10.9. The van der Waals surface area contributed by atoms with Crippen LogP contribution in [0.4, 0.5) is 11.6 Å². The first-order valence-corrected chi connectivity index (χ1v) is 10.9. The highest BCUT2D eigenvalue weighted by molar-refractivity contribution is 5.94. The molecule has 9 heteroatoms. The first kappa shape index (κ1) is 23.5. The van der Waals surface area contributed by atoms with E-state index in [0.29, 0.717) is 17.6 Å². The summed E-state index contributed by atoms with van der Waals surface area (Å²) >= 11 is 0. The highest BCUT2D eigenvalue weighted by atomic mass is 16.7. The molecule has 32 heavy (non-hydrogen) atoms. The number of nitrogens with one attached hydrogen (secondary N) is 3. The van der Waals surface area contributed by atoms with Gasteiger partial charge in [0.1, 0.15) is 0 Å². The molecule has 0 aliphatic carbocycles. The van der Waals surface area contributed by atoms with E-state index in [-0.39, 0.29) is 24.4 Å². The van der Waals surface area contributed by atoms with Gasteiger partial charge in [-0.15, -0.1) is 5.48 Å². The fourth-order valence-electron chi connectivity index (χ4n) is 3.30. The summed E-state index contributed by atoms with van der Waals surface area (Å²) in [5, 5.41) is 6.13. The smallest absolute Gasteiger partial charge is 0.326 e. The van der Waals surface area contributed by atoms with Crippen molar-refractivity contribution in [1.29, 1.82) is 0 Å². The number of amides is 1. The molecule has 1 amide bonds. The van der Waals surface area contributed by atoms with E-state index in [2.05, 4.69) is 31.0 Å². The van der Waals surface area contributed by atoms with E-state index in [9.17, 15) is 9.59 Å². The minimum absolute atomic E-state index is 0.101. The summed E-state index contributed by atoms with van der Waals surface area (Å²) in [6.45, 7) is 7.73. The molecule has 0 saturated carbocycles. The van der Waals surface area contributed by atoms with Gasteiger partial charge >= 0.3 is 5.97 Å². The normalized spacial score (nSPS) is 14.7. The summed E-state index contributed by atoms with van der Waals surface area (Å²) in [5.74, 6) is 0.0474. The Bertz CT molecular complexity index is 875. The second-order valence-electron chi connectivity index (χ2n) is 8.86. The molecular formula is C23H32N6O3. The largest absolute Gasteiger partial charge is 0.371 e. The molecule has 1 aliphatic heterocycles. The zero-order valence-electron chi connectivity index (χ0n) is 18.9. The van der Waals surface area contributed by atoms with Crippen molar-refractivity contribution in [3.63, 3.8) is 0 Å². The number of carbonyl (C=O) groups is 2. The fourth-order valence-corrected chi connectivity index (χ4v) is 3.30. The number of hydrogen-bond donors (Lipinski definition) is 3. The van der Waals surface area contributed by atoms with E-state index >= 15 is 0 Å². The quantitative estimate of drug-likeness (QED) is 0.538. The molecule has 3 rings (SSSR count). The SMILES string of the molecule is CC(C)(C)NOC(=O)CCNC(=O)c1ccc(N2CCC(Nc3ncccn3)CC2)cc1. The van der Waals surface area contributed by atoms with Gasteiger partial charge in [0.15, 0.2) is 0 Å². The van der Waals surface area contributed by atoms with E-state index in [4.69, 9.17) is 4.84 Å². The molecule has 0 spiro atoms. The van der Waals surface area contributed by atoms with Crippen molar-refractivity contribution in [2.24, 2.45) is 0 Å². The average molecular weight is 441 g/mol. The molecule has 172 valence electrons. The average Bonchev–Trinajstić information content (AvgIpc) is 2.78. The standard InChI is InChI=1S/C23H32N6O3/c1-23(2,3)28-32-20(30)9-14-24-21(31)17-5-7-19(8-6-17)29-15-10-18(11-16-29)27-22-25-12-4-13-26-22/h4-8,12-13,18,28H,9-11,14-16H2,1-3H3,(H,24,31)(H,25,26,27). The molecule has 1 aliphatic rings. The lowest BCUT2D eigenvalue weighted by Gasteiger charge is -2.34. The lowest BCUT2D eigenvalue weighted by molar-refractivity contribution is -0.154. The third-order valence-corrected chi connectivity index (χ3v) is 4.97. The van der Waals surface area contributed by atoms with Gasteiger partial charge in [-0.1, -0.05) is 0 Å². The molecule has 0 unspecified atom stereocenters. The first-order valence-electron chi connectivity index (χ1n) is 10.9. The molecule has 2 heterocycles. The highest BCUT2D eigenvalue weighted by Gasteiger charge is 2.20. The maximum Gasteiger partial charge on any atom is 0.326 e. The molecule has 9 nitrogen and oxygen atoms in total. The zero-order chi connectivity index (χ0) is 23.0. The molecule has 0 bridgehead atoms. The van der Waals surface area contributed by atoms with Crippen LogP contribution in [0.25, 0.3) is 0 Å². The Morgan fingerprint density at radius 2 is 1.75 bits per heavy atom. The van der Waals surface area contributed by atoms with E-state index in [1.807, 2.05) is 45.0 Å². The number of hydrogen-bond acceptors (Lipinski definition) is 8. The van der Waals surface area contributed by atoms with Crippen molar-refractivity contribution in [1.82, 2.24) is 20.8 Å². The summed E-state index contributed by atoms with van der Waals surface area (Å²) in [6.07, 6.45) is 5.54. The van der Waals surface area contributed by atoms with Gasteiger partial charge in [0, 0.05) is 54.9 Å². The second-order valence-corrected chi connectivity index (χ2v) is 8.86. The molecule has 0 atom stereocenters. The first-order chi connectivity index (χ1) is 15.3. The van der Waals surface area contributed by atoms with E-state index in [0.717, 1.165) is 31.6 Å². The number of nitrogens with zero attached hydrogens (tertiary/aromatic N) is 3. The van der Waals surface area contributed by atoms with Crippen molar-refractivity contribution in [3.8, 4) is 0 Å². The number of rotatable bonds is 8. The molecule has 0 radical (unpaired) electrons. The minimum atomic E-state index is -0.410. The summed E-state index contributed by atoms with van der Waals surface area (Å²) in [6, 6.07) is 9.70. The Morgan fingerprint density at radius 3 is 2.38 bits per heavy atom. The van der Waals surface area contributed by atoms with E-state index < -0.39 is 5.97 Å². The van der Waals surface area contributed by atoms with Crippen LogP contribution in [0.3, 0.4) is 0 Å². The van der Waals surface area contributed by atoms with Gasteiger partial charge < -0.3 is 20.4 Å². The fraction of sp³-hybridized carbons (Fsp3) is 0.478. The predicted octanol–water partition coefficient (Wildman–Crippen LogP) is 2.52. The van der Waals surface area contributed by atoms with Crippen LogP contribution in [0.2, 0.25) is 0 Å². The summed E-state index contributed by atoms with van der Waals surface area (Å²) in [7, 11) is 0. The van der Waals surface area contributed by atoms with Crippen molar-refractivity contribution in [2.75, 3.05) is 29.9 Å². The van der Waals surface area contributed by atoms with Gasteiger partial charge in [0.2, 0.25) is 5.95 Å². The molecular weight excluding hydrogens is 408 g/mol. The van der Waals surface area contributed by atoms with Crippen molar-refractivity contribution in [3.05, 3.63) is 48.3 Å². The van der Waals surface area contributed by atoms with Gasteiger partial charge in [-0.2, -0.15) is 0 Å². The minimum Gasteiger partial charge on any atom is -0.371 e. The van der Waals surface area contributed by atoms with Gasteiger partial charge in [0.05, 0.1) is 6.42 Å². The Kier molecular flexibility index (Phi) is 7.99. The third-order valence-electron chi connectivity index (χ3n) is 4.97. The van der Waals surface area contributed by atoms with Crippen LogP contribution in [-0.2, 0) is 9.63 Å². The number of hydroxylamine groups is 1. The molecule has 1 aromatic carbocycles. The third kappa shape index (κ3) is 7.49. The number of benzene rings is 1. The highest BCUT2D eigenvalue weighted by Crippen LogP contribution is 2.22. The molecule has 2 aromatic rings. The topological polar surface area (TPSA) is 108 Å². The van der Waals surface area contributed by atoms with Gasteiger partial charge in [-0.3, -0.25) is 9.59 Å². The number of carbonyl (C=O) groups excluding carboxylic acids is 2. The van der Waals surface area contributed by atoms with Crippen LogP contribution in [0.1, 0.15) is 50.4 Å². The lowest BCUT2D eigenvalue weighted by atomic mass is 10.0. The van der Waals surface area contributed by atoms with Crippen LogP contribution >= 0.6 is 0 Å². The number of anilines is 2. The van der Waals surface area contributed by atoms with Crippen LogP contribution in [-0.4, -0.2) is 53.1 Å². The van der Waals surface area contributed by atoms with Gasteiger partial charge in [-0.25, -0.2) is 9.97 Å². The van der Waals surface area contributed by atoms with E-state index in [1.165, 1.54) is 0 Å². The maximum atomic E-state index is 12.3. The Morgan fingerprint density at radius 1 is 1.09 bits per heavy atom. The monoisotopic (exact) mass is 440 g/mol. The Balaban J connectivity index is 1.40. The van der Waals surface area contributed by atoms with Crippen LogP contribution in [0.5, 0.6) is 0 Å². The van der Waals surface area contributed by atoms with Crippen molar-refractivity contribution >= 4 is 23.5 Å². The summed E-state index contributed by atoms with van der Waals surface area (Å²) in [5.41, 5.74) is 4.00. The zero-order valence-corrected chi connectivity index (χ0v) is 18.9. The van der Waals surface area contributed by atoms with Crippen molar-refractivity contribution < 1.29 is 14.4 Å². The maximum absolute atomic E-state index is 12.3.